The summed E-state index contributed by atoms with van der Waals surface area (Å²) in [6, 6.07) is 4.10. The van der Waals surface area contributed by atoms with Crippen LogP contribution in [0.5, 0.6) is 0 Å². The molecular weight excluding hydrogens is 394 g/mol. The predicted molar refractivity (Wildman–Crippen MR) is 109 cm³/mol. The zero-order valence-electron chi connectivity index (χ0n) is 15.5. The van der Waals surface area contributed by atoms with Crippen LogP contribution in [0.25, 0.3) is 10.6 Å². The van der Waals surface area contributed by atoms with Gasteiger partial charge < -0.3 is 5.32 Å². The fraction of sp³-hybridized carbons (Fsp3) is 0.400. The SMILES string of the molecule is Cc1nc(-c2ccc(CCNC(=O)CN3C(=O)C4CC=CCC4C3=O)s2)cs1. The summed E-state index contributed by atoms with van der Waals surface area (Å²) in [5.74, 6) is -1.29. The maximum atomic E-state index is 12.4. The summed E-state index contributed by atoms with van der Waals surface area (Å²) >= 11 is 3.29. The molecule has 0 radical (unpaired) electrons. The fourth-order valence-electron chi connectivity index (χ4n) is 3.68. The molecule has 0 aromatic carbocycles. The number of fused-ring (bicyclic) bond motifs is 1. The molecule has 3 amide bonds. The van der Waals surface area contributed by atoms with Crippen LogP contribution >= 0.6 is 22.7 Å². The number of allylic oxidation sites excluding steroid dienone is 2. The van der Waals surface area contributed by atoms with Crippen LogP contribution in [-0.4, -0.2) is 40.7 Å². The van der Waals surface area contributed by atoms with Gasteiger partial charge in [-0.3, -0.25) is 19.3 Å². The van der Waals surface area contributed by atoms with E-state index in [4.69, 9.17) is 0 Å². The van der Waals surface area contributed by atoms with Crippen LogP contribution in [0.15, 0.2) is 29.7 Å². The van der Waals surface area contributed by atoms with Crippen molar-refractivity contribution in [3.05, 3.63) is 39.5 Å². The van der Waals surface area contributed by atoms with E-state index in [1.54, 1.807) is 22.7 Å². The van der Waals surface area contributed by atoms with Crippen molar-refractivity contribution in [2.75, 3.05) is 13.1 Å². The Kier molecular flexibility index (Phi) is 5.41. The van der Waals surface area contributed by atoms with Crippen molar-refractivity contribution in [1.29, 1.82) is 0 Å². The van der Waals surface area contributed by atoms with Gasteiger partial charge in [0.05, 0.1) is 27.4 Å². The van der Waals surface area contributed by atoms with E-state index < -0.39 is 0 Å². The molecular formula is C20H21N3O3S2. The third-order valence-electron chi connectivity index (χ3n) is 5.13. The minimum absolute atomic E-state index is 0.182. The van der Waals surface area contributed by atoms with E-state index in [0.29, 0.717) is 25.8 Å². The quantitative estimate of drug-likeness (QED) is 0.581. The Bertz CT molecular complexity index is 920. The number of hydrogen-bond donors (Lipinski definition) is 1. The van der Waals surface area contributed by atoms with E-state index in [0.717, 1.165) is 25.4 Å². The lowest BCUT2D eigenvalue weighted by molar-refractivity contribution is -0.143. The van der Waals surface area contributed by atoms with E-state index in [1.807, 2.05) is 36.6 Å². The number of imide groups is 1. The standard InChI is InChI=1S/C20H21N3O3S2/c1-12-22-16(11-27-12)17-7-6-13(28-17)8-9-21-18(24)10-23-19(25)14-4-2-3-5-15(14)20(23)26/h2-3,6-7,11,14-15H,4-5,8-10H2,1H3,(H,21,24). The summed E-state index contributed by atoms with van der Waals surface area (Å²) in [6.07, 6.45) is 5.77. The van der Waals surface area contributed by atoms with E-state index in [9.17, 15) is 14.4 Å². The van der Waals surface area contributed by atoms with Gasteiger partial charge in [-0.2, -0.15) is 0 Å². The molecule has 1 fully saturated rings. The first-order chi connectivity index (χ1) is 13.5. The Morgan fingerprint density at radius 2 is 1.93 bits per heavy atom. The number of carbonyl (C=O) groups is 3. The lowest BCUT2D eigenvalue weighted by Crippen LogP contribution is -2.41. The Morgan fingerprint density at radius 3 is 2.57 bits per heavy atom. The number of nitrogens with zero attached hydrogens (tertiary/aromatic N) is 2. The Labute approximate surface area is 171 Å². The monoisotopic (exact) mass is 415 g/mol. The summed E-state index contributed by atoms with van der Waals surface area (Å²) in [7, 11) is 0. The molecule has 4 rings (SSSR count). The van der Waals surface area contributed by atoms with Crippen molar-refractivity contribution in [3.63, 3.8) is 0 Å². The van der Waals surface area contributed by atoms with E-state index in [2.05, 4.69) is 10.3 Å². The summed E-state index contributed by atoms with van der Waals surface area (Å²) in [5.41, 5.74) is 0.991. The smallest absolute Gasteiger partial charge is 0.240 e. The number of carbonyl (C=O) groups excluding carboxylic acids is 3. The second-order valence-electron chi connectivity index (χ2n) is 7.04. The second-order valence-corrected chi connectivity index (χ2v) is 9.27. The first kappa shape index (κ1) is 19.0. The number of hydrogen-bond acceptors (Lipinski definition) is 6. The van der Waals surface area contributed by atoms with Gasteiger partial charge in [0.15, 0.2) is 0 Å². The van der Waals surface area contributed by atoms with Crippen LogP contribution in [0.3, 0.4) is 0 Å². The average Bonchev–Trinajstić information content (AvgIpc) is 3.38. The molecule has 0 bridgehead atoms. The van der Waals surface area contributed by atoms with Gasteiger partial charge in [0.2, 0.25) is 17.7 Å². The lowest BCUT2D eigenvalue weighted by Gasteiger charge is -2.14. The molecule has 2 aromatic heterocycles. The maximum Gasteiger partial charge on any atom is 0.240 e. The van der Waals surface area contributed by atoms with Crippen LogP contribution in [-0.2, 0) is 20.8 Å². The normalized spacial score (nSPS) is 21.2. The molecule has 2 aliphatic rings. The molecule has 2 atom stereocenters. The molecule has 0 saturated carbocycles. The Balaban J connectivity index is 1.27. The molecule has 6 nitrogen and oxygen atoms in total. The highest BCUT2D eigenvalue weighted by Crippen LogP contribution is 2.34. The zero-order valence-corrected chi connectivity index (χ0v) is 17.1. The second kappa shape index (κ2) is 7.97. The average molecular weight is 416 g/mol. The molecule has 1 aliphatic carbocycles. The van der Waals surface area contributed by atoms with Crippen molar-refractivity contribution >= 4 is 40.4 Å². The first-order valence-corrected chi connectivity index (χ1v) is 11.0. The van der Waals surface area contributed by atoms with Gasteiger partial charge in [-0.15, -0.1) is 22.7 Å². The lowest BCUT2D eigenvalue weighted by atomic mass is 9.85. The molecule has 8 heteroatoms. The van der Waals surface area contributed by atoms with Gasteiger partial charge in [0, 0.05) is 16.8 Å². The molecule has 0 spiro atoms. The number of nitrogens with one attached hydrogen (secondary N) is 1. The van der Waals surface area contributed by atoms with E-state index in [-0.39, 0.29) is 36.1 Å². The van der Waals surface area contributed by atoms with Crippen LogP contribution in [0.4, 0.5) is 0 Å². The number of likely N-dealkylation sites (tertiary alicyclic amines) is 1. The Hall–Kier alpha value is -2.32. The number of aryl methyl sites for hydroxylation is 1. The van der Waals surface area contributed by atoms with Crippen LogP contribution in [0.1, 0.15) is 22.7 Å². The largest absolute Gasteiger partial charge is 0.354 e. The highest BCUT2D eigenvalue weighted by Gasteiger charge is 2.47. The third kappa shape index (κ3) is 3.79. The topological polar surface area (TPSA) is 79.4 Å². The maximum absolute atomic E-state index is 12.4. The Morgan fingerprint density at radius 1 is 1.21 bits per heavy atom. The third-order valence-corrected chi connectivity index (χ3v) is 7.07. The predicted octanol–water partition coefficient (Wildman–Crippen LogP) is 2.79. The van der Waals surface area contributed by atoms with Crippen LogP contribution in [0, 0.1) is 18.8 Å². The summed E-state index contributed by atoms with van der Waals surface area (Å²) in [4.78, 5) is 45.0. The van der Waals surface area contributed by atoms with Crippen molar-refractivity contribution in [1.82, 2.24) is 15.2 Å². The fourth-order valence-corrected chi connectivity index (χ4v) is 5.33. The van der Waals surface area contributed by atoms with E-state index in [1.165, 1.54) is 0 Å². The van der Waals surface area contributed by atoms with Gasteiger partial charge in [0.1, 0.15) is 6.54 Å². The van der Waals surface area contributed by atoms with Gasteiger partial charge in [-0.25, -0.2) is 4.98 Å². The molecule has 2 aromatic rings. The molecule has 3 heterocycles. The van der Waals surface area contributed by atoms with Crippen LogP contribution in [0.2, 0.25) is 0 Å². The van der Waals surface area contributed by atoms with Crippen molar-refractivity contribution in [3.8, 4) is 10.6 Å². The van der Waals surface area contributed by atoms with Crippen molar-refractivity contribution < 1.29 is 14.4 Å². The molecule has 1 aliphatic heterocycles. The number of thiophene rings is 1. The minimum atomic E-state index is -0.291. The summed E-state index contributed by atoms with van der Waals surface area (Å²) in [6.45, 7) is 2.28. The number of aromatic nitrogens is 1. The van der Waals surface area contributed by atoms with Crippen LogP contribution < -0.4 is 5.32 Å². The van der Waals surface area contributed by atoms with Crippen molar-refractivity contribution in [2.45, 2.75) is 26.2 Å². The molecule has 2 unspecified atom stereocenters. The number of rotatable bonds is 6. The van der Waals surface area contributed by atoms with E-state index >= 15 is 0 Å². The summed E-state index contributed by atoms with van der Waals surface area (Å²) < 4.78 is 0. The van der Waals surface area contributed by atoms with Crippen molar-refractivity contribution in [2.24, 2.45) is 11.8 Å². The van der Waals surface area contributed by atoms with Gasteiger partial charge >= 0.3 is 0 Å². The first-order valence-electron chi connectivity index (χ1n) is 9.31. The van der Waals surface area contributed by atoms with Gasteiger partial charge in [-0.1, -0.05) is 12.2 Å². The number of thiazole rings is 1. The zero-order chi connectivity index (χ0) is 19.7. The minimum Gasteiger partial charge on any atom is -0.354 e. The van der Waals surface area contributed by atoms with Gasteiger partial charge in [0.25, 0.3) is 0 Å². The summed E-state index contributed by atoms with van der Waals surface area (Å²) in [5, 5.41) is 5.91. The molecule has 28 heavy (non-hydrogen) atoms. The highest BCUT2D eigenvalue weighted by molar-refractivity contribution is 7.16. The van der Waals surface area contributed by atoms with Gasteiger partial charge in [-0.05, 0) is 38.3 Å². The molecule has 1 N–H and O–H groups in total. The molecule has 146 valence electrons. The highest BCUT2D eigenvalue weighted by atomic mass is 32.1. The number of amides is 3. The molecule has 1 saturated heterocycles.